The molecule has 0 saturated heterocycles. The summed E-state index contributed by atoms with van der Waals surface area (Å²) in [5.41, 5.74) is 0.770. The summed E-state index contributed by atoms with van der Waals surface area (Å²) in [6.45, 7) is 0.352. The molecule has 0 unspecified atom stereocenters. The van der Waals surface area contributed by atoms with Crippen molar-refractivity contribution in [1.82, 2.24) is 9.78 Å². The monoisotopic (exact) mass is 518 g/mol. The van der Waals surface area contributed by atoms with Gasteiger partial charge in [-0.25, -0.2) is 22.0 Å². The van der Waals surface area contributed by atoms with Gasteiger partial charge >= 0.3 is 5.97 Å². The zero-order chi connectivity index (χ0) is 25.9. The summed E-state index contributed by atoms with van der Waals surface area (Å²) in [5, 5.41) is 13.2. The van der Waals surface area contributed by atoms with Crippen LogP contribution in [0.25, 0.3) is 22.4 Å². The highest BCUT2D eigenvalue weighted by Gasteiger charge is 2.31. The molecule has 0 amide bonds. The third kappa shape index (κ3) is 5.99. The summed E-state index contributed by atoms with van der Waals surface area (Å²) in [5.74, 6) is -2.06. The minimum atomic E-state index is -3.88. The van der Waals surface area contributed by atoms with E-state index < -0.39 is 27.4 Å². The summed E-state index contributed by atoms with van der Waals surface area (Å²) < 4.78 is 61.8. The van der Waals surface area contributed by atoms with E-state index in [1.165, 1.54) is 4.68 Å². The summed E-state index contributed by atoms with van der Waals surface area (Å²) in [4.78, 5) is 10.7. The van der Waals surface area contributed by atoms with Crippen molar-refractivity contribution in [2.45, 2.75) is 37.3 Å². The fraction of sp³-hybridized carbons (Fsp3) is 0.385. The van der Waals surface area contributed by atoms with Crippen LogP contribution in [0.2, 0.25) is 0 Å². The van der Waals surface area contributed by atoms with Crippen LogP contribution in [-0.4, -0.2) is 48.7 Å². The molecular formula is C26H28F2N2O5S. The molecule has 192 valence electrons. The van der Waals surface area contributed by atoms with Crippen LogP contribution in [0, 0.1) is 23.5 Å². The number of hydrogen-bond donors (Lipinski definition) is 1. The van der Waals surface area contributed by atoms with Crippen LogP contribution in [0.4, 0.5) is 8.78 Å². The molecule has 1 aliphatic rings. The van der Waals surface area contributed by atoms with Crippen LogP contribution in [-0.2, 0) is 25.9 Å². The van der Waals surface area contributed by atoms with Crippen molar-refractivity contribution in [1.29, 1.82) is 0 Å². The van der Waals surface area contributed by atoms with Gasteiger partial charge in [0, 0.05) is 29.5 Å². The van der Waals surface area contributed by atoms with Crippen molar-refractivity contribution in [3.8, 4) is 22.4 Å². The molecule has 36 heavy (non-hydrogen) atoms. The fourth-order valence-corrected chi connectivity index (χ4v) is 5.89. The maximum Gasteiger partial charge on any atom is 0.329 e. The van der Waals surface area contributed by atoms with Crippen LogP contribution >= 0.6 is 0 Å². The Morgan fingerprint density at radius 2 is 1.75 bits per heavy atom. The molecule has 0 aliphatic heterocycles. The zero-order valence-corrected chi connectivity index (χ0v) is 20.7. The average Bonchev–Trinajstić information content (AvgIpc) is 3.21. The first-order valence-electron chi connectivity index (χ1n) is 11.7. The molecule has 3 aromatic rings. The molecule has 7 nitrogen and oxygen atoms in total. The third-order valence-corrected chi connectivity index (χ3v) is 7.60. The molecule has 0 spiro atoms. The summed E-state index contributed by atoms with van der Waals surface area (Å²) in [7, 11) is -3.88. The maximum atomic E-state index is 14.9. The van der Waals surface area contributed by atoms with Gasteiger partial charge in [-0.1, -0.05) is 30.3 Å². The second-order valence-electron chi connectivity index (χ2n) is 9.27. The van der Waals surface area contributed by atoms with Gasteiger partial charge < -0.3 is 9.84 Å². The number of carboxylic acids is 1. The first-order chi connectivity index (χ1) is 17.1. The minimum absolute atomic E-state index is 0.0523. The number of hydrogen-bond acceptors (Lipinski definition) is 5. The van der Waals surface area contributed by atoms with Gasteiger partial charge in [0.15, 0.2) is 14.9 Å². The number of sulfone groups is 1. The lowest BCUT2D eigenvalue weighted by Crippen LogP contribution is -2.24. The molecular weight excluding hydrogens is 490 g/mol. The van der Waals surface area contributed by atoms with Crippen molar-refractivity contribution in [2.75, 3.05) is 19.5 Å². The van der Waals surface area contributed by atoms with Crippen molar-refractivity contribution in [3.05, 3.63) is 60.2 Å². The Bertz CT molecular complexity index is 1330. The van der Waals surface area contributed by atoms with Crippen LogP contribution < -0.4 is 0 Å². The standard InChI is InChI=1S/C26H28F2N2O5S/c1-36(33,34)26-24(21-13-20(27)11-12-22(21)28)25(19-5-3-2-4-6-19)29-30(26)14-17-7-9-18(10-8-17)15-35-16-23(31)32/h2-6,11-13,17-18H,7-10,14-16H2,1H3,(H,31,32)/t17-,18+. The quantitative estimate of drug-likeness (QED) is 0.437. The number of ether oxygens (including phenoxy) is 1. The van der Waals surface area contributed by atoms with Gasteiger partial charge in [-0.15, -0.1) is 0 Å². The number of halogens is 2. The van der Waals surface area contributed by atoms with Crippen LogP contribution in [0.5, 0.6) is 0 Å². The lowest BCUT2D eigenvalue weighted by atomic mass is 9.82. The molecule has 0 radical (unpaired) electrons. The van der Waals surface area contributed by atoms with E-state index >= 15 is 0 Å². The van der Waals surface area contributed by atoms with E-state index in [9.17, 15) is 22.0 Å². The normalized spacial score (nSPS) is 18.3. The van der Waals surface area contributed by atoms with Gasteiger partial charge in [0.25, 0.3) is 0 Å². The molecule has 1 heterocycles. The lowest BCUT2D eigenvalue weighted by molar-refractivity contribution is -0.142. The zero-order valence-electron chi connectivity index (χ0n) is 19.9. The summed E-state index contributed by atoms with van der Waals surface area (Å²) in [6, 6.07) is 11.8. The first kappa shape index (κ1) is 26.0. The number of carboxylic acid groups (broad SMARTS) is 1. The molecule has 4 rings (SSSR count). The molecule has 1 saturated carbocycles. The van der Waals surface area contributed by atoms with Gasteiger partial charge in [0.1, 0.15) is 23.9 Å². The Balaban J connectivity index is 1.70. The predicted molar refractivity (Wildman–Crippen MR) is 130 cm³/mol. The van der Waals surface area contributed by atoms with Gasteiger partial charge in [0.2, 0.25) is 0 Å². The lowest BCUT2D eigenvalue weighted by Gasteiger charge is -2.28. The summed E-state index contributed by atoms with van der Waals surface area (Å²) in [6.07, 6.45) is 4.25. The third-order valence-electron chi connectivity index (χ3n) is 6.48. The van der Waals surface area contributed by atoms with E-state index in [0.717, 1.165) is 50.1 Å². The average molecular weight is 519 g/mol. The topological polar surface area (TPSA) is 98.5 Å². The van der Waals surface area contributed by atoms with Crippen LogP contribution in [0.3, 0.4) is 0 Å². The molecule has 1 fully saturated rings. The van der Waals surface area contributed by atoms with Crippen molar-refractivity contribution >= 4 is 15.8 Å². The molecule has 1 aromatic heterocycles. The van der Waals surface area contributed by atoms with Crippen molar-refractivity contribution < 1.29 is 31.8 Å². The second kappa shape index (κ2) is 10.9. The van der Waals surface area contributed by atoms with E-state index in [0.29, 0.717) is 18.7 Å². The highest BCUT2D eigenvalue weighted by Crippen LogP contribution is 2.40. The Morgan fingerprint density at radius 1 is 1.08 bits per heavy atom. The van der Waals surface area contributed by atoms with Gasteiger partial charge in [-0.3, -0.25) is 4.68 Å². The van der Waals surface area contributed by atoms with E-state index in [1.54, 1.807) is 30.3 Å². The molecule has 0 bridgehead atoms. The second-order valence-corrected chi connectivity index (χ2v) is 11.2. The number of carbonyl (C=O) groups is 1. The highest BCUT2D eigenvalue weighted by atomic mass is 32.2. The largest absolute Gasteiger partial charge is 0.480 e. The van der Waals surface area contributed by atoms with Gasteiger partial charge in [-0.2, -0.15) is 5.10 Å². The molecule has 2 aromatic carbocycles. The minimum Gasteiger partial charge on any atom is -0.480 e. The number of aliphatic carboxylic acids is 1. The smallest absolute Gasteiger partial charge is 0.329 e. The number of benzene rings is 2. The van der Waals surface area contributed by atoms with E-state index in [1.807, 2.05) is 0 Å². The van der Waals surface area contributed by atoms with E-state index in [-0.39, 0.29) is 40.3 Å². The Kier molecular flexibility index (Phi) is 7.85. The Labute approximate surface area is 208 Å². The maximum absolute atomic E-state index is 14.9. The molecule has 10 heteroatoms. The van der Waals surface area contributed by atoms with Gasteiger partial charge in [-0.05, 0) is 55.7 Å². The predicted octanol–water partition coefficient (Wildman–Crippen LogP) is 4.81. The van der Waals surface area contributed by atoms with Crippen molar-refractivity contribution in [3.63, 3.8) is 0 Å². The number of rotatable bonds is 9. The van der Waals surface area contributed by atoms with Crippen molar-refractivity contribution in [2.24, 2.45) is 11.8 Å². The van der Waals surface area contributed by atoms with Gasteiger partial charge in [0.05, 0.1) is 6.61 Å². The molecule has 1 aliphatic carbocycles. The first-order valence-corrected chi connectivity index (χ1v) is 13.6. The Morgan fingerprint density at radius 3 is 2.39 bits per heavy atom. The van der Waals surface area contributed by atoms with E-state index in [4.69, 9.17) is 9.84 Å². The van der Waals surface area contributed by atoms with Crippen LogP contribution in [0.15, 0.2) is 53.6 Å². The Hall–Kier alpha value is -3.11. The van der Waals surface area contributed by atoms with Crippen LogP contribution in [0.1, 0.15) is 25.7 Å². The molecule has 0 atom stereocenters. The van der Waals surface area contributed by atoms with E-state index in [2.05, 4.69) is 5.10 Å². The molecule has 1 N–H and O–H groups in total. The number of nitrogens with zero attached hydrogens (tertiary/aromatic N) is 2. The number of aromatic nitrogens is 2. The summed E-state index contributed by atoms with van der Waals surface area (Å²) >= 11 is 0. The fourth-order valence-electron chi connectivity index (χ4n) is 4.82. The highest BCUT2D eigenvalue weighted by molar-refractivity contribution is 7.90. The SMILES string of the molecule is CS(=O)(=O)c1c(-c2cc(F)ccc2F)c(-c2ccccc2)nn1C[C@H]1CC[C@@H](COCC(=O)O)CC1.